The summed E-state index contributed by atoms with van der Waals surface area (Å²) < 4.78 is 1.51. The smallest absolute Gasteiger partial charge is 0 e. The first-order chi connectivity index (χ1) is 21.6. The molecule has 3 nitrogen and oxygen atoms in total. The summed E-state index contributed by atoms with van der Waals surface area (Å²) in [6, 6.07) is 35.8. The van der Waals surface area contributed by atoms with Crippen molar-refractivity contribution in [1.29, 1.82) is 0 Å². The molecule has 1 N–H and O–H groups in total. The van der Waals surface area contributed by atoms with Gasteiger partial charge in [0.1, 0.15) is 0 Å². The van der Waals surface area contributed by atoms with E-state index in [-0.39, 0.29) is 43.5 Å². The third kappa shape index (κ3) is 9.06. The van der Waals surface area contributed by atoms with Crippen LogP contribution in [0.2, 0.25) is 17.3 Å². The van der Waals surface area contributed by atoms with Crippen LogP contribution in [0.5, 0.6) is 0 Å². The predicted octanol–water partition coefficient (Wildman–Crippen LogP) is 10.9. The van der Waals surface area contributed by atoms with Gasteiger partial charge in [-0.05, 0) is 25.7 Å². The van der Waals surface area contributed by atoms with Crippen molar-refractivity contribution in [2.24, 2.45) is 11.8 Å². The van der Waals surface area contributed by atoms with Crippen LogP contribution in [0.1, 0.15) is 53.4 Å². The van der Waals surface area contributed by atoms with Gasteiger partial charge in [0.05, 0.1) is 5.76 Å². The Morgan fingerprint density at radius 2 is 1.43 bits per heavy atom. The molecular formula is C41H48GeIrNO2-. The van der Waals surface area contributed by atoms with E-state index in [9.17, 15) is 9.90 Å². The van der Waals surface area contributed by atoms with Gasteiger partial charge in [0.25, 0.3) is 0 Å². The summed E-state index contributed by atoms with van der Waals surface area (Å²) in [5, 5.41) is 13.4. The number of rotatable bonds is 10. The third-order valence-corrected chi connectivity index (χ3v) is 13.1. The van der Waals surface area contributed by atoms with Crippen LogP contribution in [0.3, 0.4) is 0 Å². The van der Waals surface area contributed by atoms with Gasteiger partial charge in [-0.15, -0.1) is 0 Å². The molecule has 1 aromatic heterocycles. The molecule has 1 radical (unpaired) electrons. The Balaban J connectivity index is 0.000000309. The van der Waals surface area contributed by atoms with E-state index in [1.807, 2.05) is 33.8 Å². The molecule has 46 heavy (non-hydrogen) atoms. The van der Waals surface area contributed by atoms with Crippen LogP contribution in [0, 0.1) is 17.9 Å². The number of nitrogens with zero attached hydrogens (tertiary/aromatic N) is 1. The summed E-state index contributed by atoms with van der Waals surface area (Å²) in [6.07, 6.45) is 4.91. The molecule has 0 aliphatic heterocycles. The molecule has 1 heterocycles. The average Bonchev–Trinajstić information content (AvgIpc) is 3.05. The minimum absolute atomic E-state index is 0. The third-order valence-electron chi connectivity index (χ3n) is 8.82. The second-order valence-corrected chi connectivity index (χ2v) is 23.5. The second-order valence-electron chi connectivity index (χ2n) is 12.8. The molecule has 0 spiro atoms. The fourth-order valence-corrected chi connectivity index (χ4v) is 8.27. The number of carbonyl (C=O) groups is 1. The van der Waals surface area contributed by atoms with Crippen molar-refractivity contribution in [3.8, 4) is 22.4 Å². The fraction of sp³-hybridized carbons (Fsp3) is 0.317. The van der Waals surface area contributed by atoms with Gasteiger partial charge in [-0.25, -0.2) is 0 Å². The predicted molar refractivity (Wildman–Crippen MR) is 196 cm³/mol. The van der Waals surface area contributed by atoms with Crippen LogP contribution in [-0.2, 0) is 24.9 Å². The number of ketones is 1. The number of hydrogen-bond acceptors (Lipinski definition) is 3. The minimum Gasteiger partial charge on any atom is 0 e. The summed E-state index contributed by atoms with van der Waals surface area (Å²) in [6.45, 7) is 8.07. The largest absolute Gasteiger partial charge is 0 e. The van der Waals surface area contributed by atoms with E-state index in [0.29, 0.717) is 0 Å². The molecule has 4 aromatic carbocycles. The molecule has 5 aromatic rings. The molecule has 0 bridgehead atoms. The summed E-state index contributed by atoms with van der Waals surface area (Å²) in [7, 11) is 0. The van der Waals surface area contributed by atoms with Gasteiger partial charge in [-0.3, -0.25) is 4.79 Å². The zero-order chi connectivity index (χ0) is 32.6. The number of aliphatic hydroxyl groups excluding tert-OH is 1. The molecule has 0 unspecified atom stereocenters. The number of pyridine rings is 1. The normalized spacial score (nSPS) is 11.8. The van der Waals surface area contributed by atoms with Crippen molar-refractivity contribution in [1.82, 2.24) is 4.98 Å². The van der Waals surface area contributed by atoms with E-state index in [2.05, 4.69) is 108 Å². The number of allylic oxidation sites excluding steroid dienone is 2. The standard InChI is InChI=1S/C28H24GeN.C13H24O2.Ir/c1-29(2,3)22-16-17-27-26(18-22)25(21-10-5-4-6-11-21)19-28(30-27)24-15-9-13-20-12-7-8-14-23(20)24;1-5-10(6-2)12(14)9-13(15)11(7-3)8-4;/h4-14,16-19H,1-3H3;9-11,14H,5-8H2,1-4H3;/q-1;;/b;12-9-;. The summed E-state index contributed by atoms with van der Waals surface area (Å²) >= 11 is -1.95. The van der Waals surface area contributed by atoms with Gasteiger partial charge < -0.3 is 5.11 Å². The number of benzene rings is 4. The Labute approximate surface area is 292 Å². The Hall–Kier alpha value is -3.05. The maximum absolute atomic E-state index is 11.7. The molecule has 0 aliphatic rings. The van der Waals surface area contributed by atoms with E-state index in [4.69, 9.17) is 4.98 Å². The van der Waals surface area contributed by atoms with Crippen LogP contribution >= 0.6 is 0 Å². The van der Waals surface area contributed by atoms with Crippen molar-refractivity contribution >= 4 is 45.1 Å². The summed E-state index contributed by atoms with van der Waals surface area (Å²) in [4.78, 5) is 16.8. The molecule has 243 valence electrons. The van der Waals surface area contributed by atoms with Gasteiger partial charge in [0.2, 0.25) is 0 Å². The van der Waals surface area contributed by atoms with E-state index in [0.717, 1.165) is 42.5 Å². The van der Waals surface area contributed by atoms with Crippen LogP contribution < -0.4 is 4.40 Å². The molecule has 0 aliphatic carbocycles. The molecule has 0 atom stereocenters. The Morgan fingerprint density at radius 3 is 2.07 bits per heavy atom. The van der Waals surface area contributed by atoms with Crippen molar-refractivity contribution in [3.63, 3.8) is 0 Å². The van der Waals surface area contributed by atoms with E-state index in [1.165, 1.54) is 37.8 Å². The Morgan fingerprint density at radius 1 is 0.804 bits per heavy atom. The maximum atomic E-state index is 11.7. The van der Waals surface area contributed by atoms with Crippen molar-refractivity contribution in [2.45, 2.75) is 70.6 Å². The van der Waals surface area contributed by atoms with Gasteiger partial charge in [0.15, 0.2) is 5.78 Å². The topological polar surface area (TPSA) is 50.2 Å². The first-order valence-electron chi connectivity index (χ1n) is 16.5. The maximum Gasteiger partial charge on any atom is 0 e. The second kappa shape index (κ2) is 17.2. The van der Waals surface area contributed by atoms with Gasteiger partial charge in [-0.2, -0.15) is 0 Å². The minimum atomic E-state index is -1.95. The van der Waals surface area contributed by atoms with Crippen molar-refractivity contribution < 1.29 is 30.0 Å². The number of aromatic nitrogens is 1. The van der Waals surface area contributed by atoms with Crippen LogP contribution in [0.4, 0.5) is 0 Å². The fourth-order valence-electron chi connectivity index (χ4n) is 5.83. The SMILES string of the molecule is CCC(CC)C(=O)/C=C(\O)C(CC)CC.[CH3][Ge]([CH3])([CH3])[c]1ccc2nc(-c3[c-]ccc4ccccc34)cc(-c3ccccc3)c2c1.[Ir]. The van der Waals surface area contributed by atoms with Crippen molar-refractivity contribution in [3.05, 3.63) is 109 Å². The van der Waals surface area contributed by atoms with Crippen LogP contribution in [0.25, 0.3) is 44.1 Å². The zero-order valence-electron chi connectivity index (χ0n) is 28.4. The van der Waals surface area contributed by atoms with Crippen LogP contribution in [0.15, 0.2) is 103 Å². The van der Waals surface area contributed by atoms with Crippen LogP contribution in [-0.4, -0.2) is 29.1 Å². The quantitative estimate of drug-likeness (QED) is 0.0659. The van der Waals surface area contributed by atoms with E-state index < -0.39 is 13.3 Å². The number of hydrogen-bond donors (Lipinski definition) is 1. The first kappa shape index (κ1) is 37.4. The molecule has 0 saturated heterocycles. The summed E-state index contributed by atoms with van der Waals surface area (Å²) in [5.41, 5.74) is 5.55. The molecule has 0 fully saturated rings. The van der Waals surface area contributed by atoms with E-state index >= 15 is 0 Å². The summed E-state index contributed by atoms with van der Waals surface area (Å²) in [5.74, 6) is 7.87. The number of fused-ring (bicyclic) bond motifs is 2. The average molecular weight is 852 g/mol. The van der Waals surface area contributed by atoms with Gasteiger partial charge in [-0.1, -0.05) is 27.7 Å². The Bertz CT molecular complexity index is 1760. The number of carbonyl (C=O) groups excluding carboxylic acids is 1. The van der Waals surface area contributed by atoms with E-state index in [1.54, 1.807) is 0 Å². The first-order valence-corrected chi connectivity index (χ1v) is 23.8. The van der Waals surface area contributed by atoms with Gasteiger partial charge >= 0.3 is 181 Å². The molecule has 0 amide bonds. The Kier molecular flexibility index (Phi) is 14.0. The molecule has 5 heteroatoms. The molecular weight excluding hydrogens is 803 g/mol. The zero-order valence-corrected chi connectivity index (χ0v) is 32.8. The van der Waals surface area contributed by atoms with Crippen molar-refractivity contribution in [2.75, 3.05) is 0 Å². The van der Waals surface area contributed by atoms with Gasteiger partial charge in [0, 0.05) is 38.0 Å². The molecule has 0 saturated carbocycles. The number of aliphatic hydroxyl groups is 1. The molecule has 5 rings (SSSR count). The monoisotopic (exact) mass is 853 g/mol.